The molecule has 0 unspecified atom stereocenters. The summed E-state index contributed by atoms with van der Waals surface area (Å²) in [5, 5.41) is 16.4. The third-order valence-corrected chi connectivity index (χ3v) is 2.56. The summed E-state index contributed by atoms with van der Waals surface area (Å²) in [6.45, 7) is 1.94. The predicted molar refractivity (Wildman–Crippen MR) is 64.3 cm³/mol. The minimum absolute atomic E-state index is 0.136. The lowest BCUT2D eigenvalue weighted by Gasteiger charge is -2.03. The van der Waals surface area contributed by atoms with Crippen LogP contribution in [0.15, 0.2) is 18.2 Å². The number of hydrogen-bond donors (Lipinski definition) is 1. The van der Waals surface area contributed by atoms with Crippen LogP contribution < -0.4 is 5.32 Å². The lowest BCUT2D eigenvalue weighted by molar-refractivity contribution is -0.115. The minimum Gasteiger partial charge on any atom is -0.325 e. The highest BCUT2D eigenvalue weighted by atomic mass is 16.1. The maximum Gasteiger partial charge on any atom is 0.238 e. The summed E-state index contributed by atoms with van der Waals surface area (Å²) in [6.07, 6.45) is -0.136. The molecule has 0 spiro atoms. The van der Waals surface area contributed by atoms with Gasteiger partial charge in [-0.3, -0.25) is 9.48 Å². The molecule has 0 aliphatic carbocycles. The molecule has 2 rings (SSSR count). The normalized spacial score (nSPS) is 10.2. The summed E-state index contributed by atoms with van der Waals surface area (Å²) in [5.74, 6) is -0.300. The van der Waals surface area contributed by atoms with Gasteiger partial charge in [0.1, 0.15) is 6.42 Å². The number of nitriles is 1. The van der Waals surface area contributed by atoms with Crippen molar-refractivity contribution in [3.63, 3.8) is 0 Å². The summed E-state index contributed by atoms with van der Waals surface area (Å²) < 4.78 is 1.77. The van der Waals surface area contributed by atoms with Gasteiger partial charge in [0.2, 0.25) is 5.91 Å². The van der Waals surface area contributed by atoms with E-state index in [9.17, 15) is 4.79 Å². The van der Waals surface area contributed by atoms with Gasteiger partial charge in [-0.05, 0) is 25.1 Å². The first-order valence-electron chi connectivity index (χ1n) is 5.22. The first-order valence-corrected chi connectivity index (χ1v) is 5.22. The molecule has 0 aliphatic heterocycles. The van der Waals surface area contributed by atoms with Crippen molar-refractivity contribution < 1.29 is 4.79 Å². The average Bonchev–Trinajstić information content (AvgIpc) is 2.55. The number of anilines is 1. The zero-order valence-electron chi connectivity index (χ0n) is 9.69. The minimum atomic E-state index is -0.300. The third kappa shape index (κ3) is 2.11. The van der Waals surface area contributed by atoms with Crippen molar-refractivity contribution in [2.45, 2.75) is 13.3 Å². The maximum atomic E-state index is 11.3. The molecule has 5 heteroatoms. The smallest absolute Gasteiger partial charge is 0.238 e. The molecular weight excluding hydrogens is 216 g/mol. The van der Waals surface area contributed by atoms with Gasteiger partial charge >= 0.3 is 0 Å². The first kappa shape index (κ1) is 11.1. The van der Waals surface area contributed by atoms with Crippen LogP contribution in [-0.2, 0) is 11.8 Å². The first-order chi connectivity index (χ1) is 8.11. The van der Waals surface area contributed by atoms with Gasteiger partial charge in [0.15, 0.2) is 0 Å². The van der Waals surface area contributed by atoms with E-state index in [1.807, 2.05) is 38.2 Å². The average molecular weight is 228 g/mol. The number of aromatic nitrogens is 2. The molecule has 1 aromatic heterocycles. The number of rotatable bonds is 2. The molecule has 2 aromatic rings. The van der Waals surface area contributed by atoms with Crippen molar-refractivity contribution in [3.05, 3.63) is 23.9 Å². The van der Waals surface area contributed by atoms with Crippen LogP contribution in [0.5, 0.6) is 0 Å². The number of nitrogens with zero attached hydrogens (tertiary/aromatic N) is 3. The molecule has 0 fully saturated rings. The molecule has 0 aliphatic rings. The number of carbonyl (C=O) groups excluding carboxylic acids is 1. The highest BCUT2D eigenvalue weighted by Crippen LogP contribution is 2.21. The van der Waals surface area contributed by atoms with Gasteiger partial charge in [-0.15, -0.1) is 0 Å². The van der Waals surface area contributed by atoms with Gasteiger partial charge in [0.05, 0.1) is 17.3 Å². The van der Waals surface area contributed by atoms with Gasteiger partial charge in [-0.1, -0.05) is 0 Å². The Morgan fingerprint density at radius 2 is 2.35 bits per heavy atom. The van der Waals surface area contributed by atoms with Gasteiger partial charge in [-0.25, -0.2) is 0 Å². The Hall–Kier alpha value is -2.35. The number of fused-ring (bicyclic) bond motifs is 1. The molecule has 1 heterocycles. The van der Waals surface area contributed by atoms with Crippen molar-refractivity contribution in [2.24, 2.45) is 7.05 Å². The highest BCUT2D eigenvalue weighted by molar-refractivity contribution is 5.94. The molecule has 17 heavy (non-hydrogen) atoms. The van der Waals surface area contributed by atoms with Crippen LogP contribution in [0.3, 0.4) is 0 Å². The molecule has 0 saturated carbocycles. The summed E-state index contributed by atoms with van der Waals surface area (Å²) >= 11 is 0. The van der Waals surface area contributed by atoms with E-state index in [0.717, 1.165) is 16.6 Å². The number of carbonyl (C=O) groups is 1. The van der Waals surface area contributed by atoms with Crippen molar-refractivity contribution >= 4 is 22.5 Å². The zero-order chi connectivity index (χ0) is 12.4. The number of aryl methyl sites for hydroxylation is 2. The Morgan fingerprint density at radius 1 is 1.59 bits per heavy atom. The van der Waals surface area contributed by atoms with Crippen LogP contribution in [0, 0.1) is 18.3 Å². The number of amides is 1. The van der Waals surface area contributed by atoms with Crippen LogP contribution in [0.25, 0.3) is 10.9 Å². The fourth-order valence-electron chi connectivity index (χ4n) is 1.79. The third-order valence-electron chi connectivity index (χ3n) is 2.56. The van der Waals surface area contributed by atoms with Crippen molar-refractivity contribution in [1.29, 1.82) is 5.26 Å². The van der Waals surface area contributed by atoms with Gasteiger partial charge in [-0.2, -0.15) is 10.4 Å². The van der Waals surface area contributed by atoms with Crippen LogP contribution in [0.1, 0.15) is 12.1 Å². The molecule has 1 aromatic carbocycles. The summed E-state index contributed by atoms with van der Waals surface area (Å²) in [5.41, 5.74) is 2.59. The molecule has 0 radical (unpaired) electrons. The SMILES string of the molecule is Cc1nn(C)c2cc(NC(=O)CC#N)ccc12. The van der Waals surface area contributed by atoms with E-state index in [4.69, 9.17) is 5.26 Å². The summed E-state index contributed by atoms with van der Waals surface area (Å²) in [4.78, 5) is 11.3. The number of benzene rings is 1. The van der Waals surface area contributed by atoms with Crippen molar-refractivity contribution in [3.8, 4) is 6.07 Å². The van der Waals surface area contributed by atoms with E-state index in [2.05, 4.69) is 10.4 Å². The molecule has 0 bridgehead atoms. The van der Waals surface area contributed by atoms with E-state index in [0.29, 0.717) is 5.69 Å². The second-order valence-electron chi connectivity index (χ2n) is 3.82. The molecule has 86 valence electrons. The van der Waals surface area contributed by atoms with Crippen LogP contribution >= 0.6 is 0 Å². The molecule has 0 atom stereocenters. The Kier molecular flexibility index (Phi) is 2.79. The second-order valence-corrected chi connectivity index (χ2v) is 3.82. The molecule has 5 nitrogen and oxygen atoms in total. The van der Waals surface area contributed by atoms with E-state index in [-0.39, 0.29) is 12.3 Å². The predicted octanol–water partition coefficient (Wildman–Crippen LogP) is 1.73. The fourth-order valence-corrected chi connectivity index (χ4v) is 1.79. The van der Waals surface area contributed by atoms with Crippen LogP contribution in [-0.4, -0.2) is 15.7 Å². The van der Waals surface area contributed by atoms with Crippen molar-refractivity contribution in [2.75, 3.05) is 5.32 Å². The van der Waals surface area contributed by atoms with Crippen LogP contribution in [0.4, 0.5) is 5.69 Å². The maximum absolute atomic E-state index is 11.3. The van der Waals surface area contributed by atoms with E-state index < -0.39 is 0 Å². The molecule has 1 N–H and O–H groups in total. The molecule has 0 saturated heterocycles. The van der Waals surface area contributed by atoms with E-state index in [1.54, 1.807) is 4.68 Å². The van der Waals surface area contributed by atoms with Gasteiger partial charge in [0, 0.05) is 18.1 Å². The standard InChI is InChI=1S/C12H12N4O/c1-8-10-4-3-9(14-12(17)5-6-13)7-11(10)16(2)15-8/h3-4,7H,5H2,1-2H3,(H,14,17). The highest BCUT2D eigenvalue weighted by Gasteiger charge is 2.07. The van der Waals surface area contributed by atoms with Crippen LogP contribution in [0.2, 0.25) is 0 Å². The van der Waals surface area contributed by atoms with E-state index in [1.165, 1.54) is 0 Å². The largest absolute Gasteiger partial charge is 0.325 e. The zero-order valence-corrected chi connectivity index (χ0v) is 9.69. The Labute approximate surface area is 98.6 Å². The lowest BCUT2D eigenvalue weighted by Crippen LogP contribution is -2.09. The number of nitrogens with one attached hydrogen (secondary N) is 1. The monoisotopic (exact) mass is 228 g/mol. The summed E-state index contributed by atoms with van der Waals surface area (Å²) in [6, 6.07) is 7.39. The topological polar surface area (TPSA) is 70.7 Å². The fraction of sp³-hybridized carbons (Fsp3) is 0.250. The van der Waals surface area contributed by atoms with Gasteiger partial charge in [0.25, 0.3) is 0 Å². The second kappa shape index (κ2) is 4.26. The Bertz CT molecular complexity index is 621. The molecule has 1 amide bonds. The molecular formula is C12H12N4O. The quantitative estimate of drug-likeness (QED) is 0.850. The van der Waals surface area contributed by atoms with Crippen molar-refractivity contribution in [1.82, 2.24) is 9.78 Å². The summed E-state index contributed by atoms with van der Waals surface area (Å²) in [7, 11) is 1.86. The Morgan fingerprint density at radius 3 is 3.06 bits per heavy atom. The number of hydrogen-bond acceptors (Lipinski definition) is 3. The van der Waals surface area contributed by atoms with Gasteiger partial charge < -0.3 is 5.32 Å². The lowest BCUT2D eigenvalue weighted by atomic mass is 10.2. The Balaban J connectivity index is 2.35. The van der Waals surface area contributed by atoms with E-state index >= 15 is 0 Å².